The molecule has 6 nitrogen and oxygen atoms in total. The highest BCUT2D eigenvalue weighted by atomic mass is 16.5. The highest BCUT2D eigenvalue weighted by Gasteiger charge is 2.13. The molecule has 1 fully saturated rings. The molecule has 0 aliphatic carbocycles. The summed E-state index contributed by atoms with van der Waals surface area (Å²) in [6.45, 7) is 6.65. The molecule has 2 heterocycles. The van der Waals surface area contributed by atoms with Gasteiger partial charge in [0.05, 0.1) is 6.42 Å². The van der Waals surface area contributed by atoms with Gasteiger partial charge in [0.25, 0.3) is 0 Å². The summed E-state index contributed by atoms with van der Waals surface area (Å²) in [5, 5.41) is 2.94. The zero-order chi connectivity index (χ0) is 22.9. The zero-order valence-electron chi connectivity index (χ0n) is 19.2. The van der Waals surface area contributed by atoms with Crippen molar-refractivity contribution in [3.63, 3.8) is 0 Å². The largest absolute Gasteiger partial charge is 0.492 e. The fraction of sp³-hybridized carbons (Fsp3) is 0.333. The number of carbonyl (C=O) groups excluding carboxylic acids is 1. The quantitative estimate of drug-likeness (QED) is 0.549. The first-order chi connectivity index (χ1) is 16.2. The smallest absolute Gasteiger partial charge is 0.226 e. The minimum Gasteiger partial charge on any atom is -0.492 e. The molecule has 1 saturated heterocycles. The summed E-state index contributed by atoms with van der Waals surface area (Å²) in [7, 11) is 2.17. The number of ether oxygens (including phenoxy) is 1. The maximum atomic E-state index is 12.2. The number of benzene rings is 2. The molecule has 0 spiro atoms. The van der Waals surface area contributed by atoms with Crippen LogP contribution < -0.4 is 10.1 Å². The number of piperazine rings is 1. The summed E-state index contributed by atoms with van der Waals surface area (Å²) >= 11 is 0. The van der Waals surface area contributed by atoms with E-state index in [1.807, 2.05) is 60.8 Å². The summed E-state index contributed by atoms with van der Waals surface area (Å²) in [5.74, 6) is 0.852. The predicted octanol–water partition coefficient (Wildman–Crippen LogP) is 3.23. The van der Waals surface area contributed by atoms with Crippen LogP contribution in [0.15, 0.2) is 72.9 Å². The molecule has 1 N–H and O–H groups in total. The summed E-state index contributed by atoms with van der Waals surface area (Å²) in [6.07, 6.45) is 2.09. The molecule has 0 unspecified atom stereocenters. The van der Waals surface area contributed by atoms with E-state index >= 15 is 0 Å². The van der Waals surface area contributed by atoms with E-state index in [0.29, 0.717) is 13.2 Å². The Morgan fingerprint density at radius 2 is 1.67 bits per heavy atom. The van der Waals surface area contributed by atoms with Gasteiger partial charge in [-0.2, -0.15) is 0 Å². The van der Waals surface area contributed by atoms with Crippen molar-refractivity contribution in [3.05, 3.63) is 84.2 Å². The van der Waals surface area contributed by atoms with Gasteiger partial charge in [0, 0.05) is 56.7 Å². The molecule has 4 rings (SSSR count). The van der Waals surface area contributed by atoms with E-state index < -0.39 is 0 Å². The highest BCUT2D eigenvalue weighted by molar-refractivity contribution is 5.78. The molecule has 6 heteroatoms. The van der Waals surface area contributed by atoms with Gasteiger partial charge in [0.15, 0.2) is 0 Å². The molecular formula is C27H32N4O2. The highest BCUT2D eigenvalue weighted by Crippen LogP contribution is 2.22. The molecule has 0 saturated carbocycles. The molecule has 3 aromatic rings. The summed E-state index contributed by atoms with van der Waals surface area (Å²) < 4.78 is 5.93. The van der Waals surface area contributed by atoms with Crippen molar-refractivity contribution >= 4 is 5.91 Å². The van der Waals surface area contributed by atoms with Crippen LogP contribution in [0.3, 0.4) is 0 Å². The number of nitrogens with zero attached hydrogens (tertiary/aromatic N) is 3. The normalized spacial score (nSPS) is 14.7. The van der Waals surface area contributed by atoms with Crippen LogP contribution in [0.25, 0.3) is 11.1 Å². The average Bonchev–Trinajstić information content (AvgIpc) is 2.86. The number of hydrogen-bond acceptors (Lipinski definition) is 5. The van der Waals surface area contributed by atoms with Crippen LogP contribution in [0.2, 0.25) is 0 Å². The summed E-state index contributed by atoms with van der Waals surface area (Å²) in [6, 6.07) is 21.9. The van der Waals surface area contributed by atoms with E-state index in [1.54, 1.807) is 0 Å². The van der Waals surface area contributed by atoms with Crippen molar-refractivity contribution < 1.29 is 9.53 Å². The third kappa shape index (κ3) is 7.14. The molecule has 172 valence electrons. The van der Waals surface area contributed by atoms with E-state index in [4.69, 9.17) is 4.74 Å². The lowest BCUT2D eigenvalue weighted by atomic mass is 10.1. The fourth-order valence-corrected chi connectivity index (χ4v) is 3.83. The van der Waals surface area contributed by atoms with Crippen molar-refractivity contribution in [1.29, 1.82) is 0 Å². The Balaban J connectivity index is 1.22. The molecular weight excluding hydrogens is 412 g/mol. The number of amides is 1. The van der Waals surface area contributed by atoms with Crippen LogP contribution in [0.1, 0.15) is 11.3 Å². The van der Waals surface area contributed by atoms with Crippen LogP contribution in [0.4, 0.5) is 0 Å². The van der Waals surface area contributed by atoms with Crippen molar-refractivity contribution in [3.8, 4) is 16.9 Å². The minimum absolute atomic E-state index is 0.0304. The maximum absolute atomic E-state index is 12.2. The molecule has 1 aliphatic heterocycles. The SMILES string of the molecule is CN1CCN(CCOc2ccc(-c3ccc(CC(=O)NCc4ccccc4)nc3)cc2)CC1. The second kappa shape index (κ2) is 11.6. The second-order valence-corrected chi connectivity index (χ2v) is 8.50. The summed E-state index contributed by atoms with van der Waals surface area (Å²) in [5.41, 5.74) is 3.94. The Hall–Kier alpha value is -3.22. The molecule has 2 aromatic carbocycles. The molecule has 1 aromatic heterocycles. The lowest BCUT2D eigenvalue weighted by molar-refractivity contribution is -0.120. The van der Waals surface area contributed by atoms with Gasteiger partial charge in [-0.3, -0.25) is 14.7 Å². The van der Waals surface area contributed by atoms with Crippen LogP contribution in [0, 0.1) is 0 Å². The first-order valence-electron chi connectivity index (χ1n) is 11.6. The Kier molecular flexibility index (Phi) is 8.06. The number of nitrogens with one attached hydrogen (secondary N) is 1. The average molecular weight is 445 g/mol. The molecule has 33 heavy (non-hydrogen) atoms. The van der Waals surface area contributed by atoms with Gasteiger partial charge in [-0.1, -0.05) is 48.5 Å². The van der Waals surface area contributed by atoms with Gasteiger partial charge in [0.1, 0.15) is 12.4 Å². The Labute approximate surface area is 196 Å². The maximum Gasteiger partial charge on any atom is 0.226 e. The third-order valence-electron chi connectivity index (χ3n) is 5.96. The topological polar surface area (TPSA) is 57.7 Å². The van der Waals surface area contributed by atoms with Gasteiger partial charge < -0.3 is 15.0 Å². The zero-order valence-corrected chi connectivity index (χ0v) is 19.2. The lowest BCUT2D eigenvalue weighted by Crippen LogP contribution is -2.45. The molecule has 1 amide bonds. The fourth-order valence-electron chi connectivity index (χ4n) is 3.83. The van der Waals surface area contributed by atoms with Crippen molar-refractivity contribution in [1.82, 2.24) is 20.1 Å². The Morgan fingerprint density at radius 1 is 0.939 bits per heavy atom. The van der Waals surface area contributed by atoms with E-state index in [9.17, 15) is 4.79 Å². The lowest BCUT2D eigenvalue weighted by Gasteiger charge is -2.32. The van der Waals surface area contributed by atoms with E-state index in [-0.39, 0.29) is 12.3 Å². The Bertz CT molecular complexity index is 999. The standard InChI is InChI=1S/C27H32N4O2/c1-30-13-15-31(16-14-30)17-18-33-26-11-8-23(9-12-26)24-7-10-25(28-21-24)19-27(32)29-20-22-5-3-2-4-6-22/h2-12,21H,13-20H2,1H3,(H,29,32). The van der Waals surface area contributed by atoms with Crippen LogP contribution in [-0.2, 0) is 17.8 Å². The van der Waals surface area contributed by atoms with Gasteiger partial charge in [0.2, 0.25) is 5.91 Å². The number of carbonyl (C=O) groups is 1. The monoisotopic (exact) mass is 444 g/mol. The summed E-state index contributed by atoms with van der Waals surface area (Å²) in [4.78, 5) is 21.5. The minimum atomic E-state index is -0.0304. The van der Waals surface area contributed by atoms with E-state index in [1.165, 1.54) is 0 Å². The second-order valence-electron chi connectivity index (χ2n) is 8.50. The van der Waals surface area contributed by atoms with Crippen molar-refractivity contribution in [2.24, 2.45) is 0 Å². The molecule has 1 aliphatic rings. The first kappa shape index (κ1) is 23.0. The van der Waals surface area contributed by atoms with Gasteiger partial charge in [-0.15, -0.1) is 0 Å². The number of rotatable bonds is 9. The van der Waals surface area contributed by atoms with E-state index in [2.05, 4.69) is 39.3 Å². The van der Waals surface area contributed by atoms with Gasteiger partial charge in [-0.25, -0.2) is 0 Å². The van der Waals surface area contributed by atoms with Crippen molar-refractivity contribution in [2.75, 3.05) is 46.4 Å². The predicted molar refractivity (Wildman–Crippen MR) is 131 cm³/mol. The number of aromatic nitrogens is 1. The third-order valence-corrected chi connectivity index (χ3v) is 5.96. The van der Waals surface area contributed by atoms with E-state index in [0.717, 1.165) is 60.9 Å². The number of hydrogen-bond donors (Lipinski definition) is 1. The van der Waals surface area contributed by atoms with Crippen LogP contribution >= 0.6 is 0 Å². The van der Waals surface area contributed by atoms with Crippen LogP contribution in [0.5, 0.6) is 5.75 Å². The molecule has 0 atom stereocenters. The van der Waals surface area contributed by atoms with Gasteiger partial charge >= 0.3 is 0 Å². The van der Waals surface area contributed by atoms with Crippen LogP contribution in [-0.4, -0.2) is 67.1 Å². The Morgan fingerprint density at radius 3 is 2.36 bits per heavy atom. The van der Waals surface area contributed by atoms with Crippen molar-refractivity contribution in [2.45, 2.75) is 13.0 Å². The molecule has 0 radical (unpaired) electrons. The first-order valence-corrected chi connectivity index (χ1v) is 11.6. The van der Waals surface area contributed by atoms with Gasteiger partial charge in [-0.05, 0) is 36.4 Å². The molecule has 0 bridgehead atoms. The number of likely N-dealkylation sites (N-methyl/N-ethyl adjacent to an activating group) is 1. The number of pyridine rings is 1.